The van der Waals surface area contributed by atoms with E-state index in [2.05, 4.69) is 16.0 Å². The smallest absolute Gasteiger partial charge is 0.257 e. The SMILES string of the molecule is COc1ccc(S(N)(=O)=O)cc1C(=O)N1CCN(CCCc2c[nH]c3ccc(C#N)cc23)CC1. The number of benzene rings is 2. The summed E-state index contributed by atoms with van der Waals surface area (Å²) in [6.45, 7) is 3.45. The highest BCUT2D eigenvalue weighted by Gasteiger charge is 2.25. The Balaban J connectivity index is 1.33. The molecule has 1 amide bonds. The van der Waals surface area contributed by atoms with Crippen LogP contribution in [-0.4, -0.2) is 68.9 Å². The summed E-state index contributed by atoms with van der Waals surface area (Å²) in [7, 11) is -2.48. The molecule has 10 heteroatoms. The monoisotopic (exact) mass is 481 g/mol. The van der Waals surface area contributed by atoms with E-state index in [-0.39, 0.29) is 16.4 Å². The van der Waals surface area contributed by atoms with Crippen LogP contribution in [0.25, 0.3) is 10.9 Å². The lowest BCUT2D eigenvalue weighted by Crippen LogP contribution is -2.49. The fourth-order valence-electron chi connectivity index (χ4n) is 4.32. The molecule has 1 fully saturated rings. The van der Waals surface area contributed by atoms with E-state index in [1.54, 1.807) is 4.90 Å². The number of amides is 1. The molecular weight excluding hydrogens is 454 g/mol. The van der Waals surface area contributed by atoms with Gasteiger partial charge in [0.2, 0.25) is 10.0 Å². The molecule has 1 aromatic heterocycles. The summed E-state index contributed by atoms with van der Waals surface area (Å²) in [4.78, 5) is 20.3. The highest BCUT2D eigenvalue weighted by Crippen LogP contribution is 2.24. The molecule has 0 bridgehead atoms. The average molecular weight is 482 g/mol. The Labute approximate surface area is 198 Å². The summed E-state index contributed by atoms with van der Waals surface area (Å²) in [5, 5.41) is 15.5. The van der Waals surface area contributed by atoms with Gasteiger partial charge in [-0.3, -0.25) is 9.69 Å². The number of aromatic amines is 1. The first-order valence-electron chi connectivity index (χ1n) is 11.0. The van der Waals surface area contributed by atoms with Crippen molar-refractivity contribution in [2.45, 2.75) is 17.7 Å². The second kappa shape index (κ2) is 9.85. The number of nitrogens with two attached hydrogens (primary N) is 1. The minimum absolute atomic E-state index is 0.116. The normalized spacial score (nSPS) is 14.8. The number of hydrogen-bond donors (Lipinski definition) is 2. The van der Waals surface area contributed by atoms with E-state index in [4.69, 9.17) is 15.1 Å². The van der Waals surface area contributed by atoms with Gasteiger partial charge in [0.15, 0.2) is 0 Å². The first-order valence-corrected chi connectivity index (χ1v) is 12.6. The molecule has 34 heavy (non-hydrogen) atoms. The van der Waals surface area contributed by atoms with Crippen molar-refractivity contribution in [2.75, 3.05) is 39.8 Å². The zero-order chi connectivity index (χ0) is 24.3. The number of ether oxygens (including phenoxy) is 1. The second-order valence-electron chi connectivity index (χ2n) is 8.33. The third-order valence-electron chi connectivity index (χ3n) is 6.21. The van der Waals surface area contributed by atoms with Gasteiger partial charge >= 0.3 is 0 Å². The van der Waals surface area contributed by atoms with Crippen LogP contribution in [0.2, 0.25) is 0 Å². The van der Waals surface area contributed by atoms with Crippen LogP contribution in [0.3, 0.4) is 0 Å². The standard InChI is InChI=1S/C24H27N5O4S/c1-33-23-7-5-19(34(26,31)32)14-21(23)24(30)29-11-9-28(10-12-29)8-2-3-18-16-27-22-6-4-17(15-25)13-20(18)22/h4-7,13-14,16,27H,2-3,8-12H2,1H3,(H2,26,31,32). The molecule has 2 aromatic carbocycles. The number of primary sulfonamides is 1. The minimum Gasteiger partial charge on any atom is -0.496 e. The molecular formula is C24H27N5O4S. The minimum atomic E-state index is -3.92. The van der Waals surface area contributed by atoms with E-state index in [0.29, 0.717) is 24.4 Å². The largest absolute Gasteiger partial charge is 0.496 e. The van der Waals surface area contributed by atoms with Crippen LogP contribution in [0, 0.1) is 11.3 Å². The number of nitriles is 1. The molecule has 0 radical (unpaired) electrons. The molecule has 0 atom stereocenters. The van der Waals surface area contributed by atoms with Crippen molar-refractivity contribution in [3.63, 3.8) is 0 Å². The van der Waals surface area contributed by atoms with Gasteiger partial charge in [0.1, 0.15) is 5.75 Å². The molecule has 3 aromatic rings. The van der Waals surface area contributed by atoms with Crippen LogP contribution >= 0.6 is 0 Å². The quantitative estimate of drug-likeness (QED) is 0.531. The number of aryl methyl sites for hydroxylation is 1. The van der Waals surface area contributed by atoms with Crippen molar-refractivity contribution in [2.24, 2.45) is 5.14 Å². The van der Waals surface area contributed by atoms with Crippen LogP contribution in [0.1, 0.15) is 27.9 Å². The highest BCUT2D eigenvalue weighted by atomic mass is 32.2. The van der Waals surface area contributed by atoms with E-state index in [9.17, 15) is 13.2 Å². The van der Waals surface area contributed by atoms with Gasteiger partial charge in [-0.05, 0) is 61.3 Å². The number of aromatic nitrogens is 1. The summed E-state index contributed by atoms with van der Waals surface area (Å²) in [6.07, 6.45) is 3.86. The lowest BCUT2D eigenvalue weighted by atomic mass is 10.1. The molecule has 0 unspecified atom stereocenters. The molecule has 1 aliphatic rings. The second-order valence-corrected chi connectivity index (χ2v) is 9.89. The van der Waals surface area contributed by atoms with Gasteiger partial charge in [-0.2, -0.15) is 5.26 Å². The van der Waals surface area contributed by atoms with Crippen LogP contribution in [0.4, 0.5) is 0 Å². The average Bonchev–Trinajstić information content (AvgIpc) is 3.25. The summed E-state index contributed by atoms with van der Waals surface area (Å²) in [5.41, 5.74) is 3.07. The van der Waals surface area contributed by atoms with Gasteiger partial charge < -0.3 is 14.6 Å². The number of piperazine rings is 1. The molecule has 1 saturated heterocycles. The Bertz CT molecular complexity index is 1350. The summed E-state index contributed by atoms with van der Waals surface area (Å²) >= 11 is 0. The Morgan fingerprint density at radius 3 is 2.62 bits per heavy atom. The van der Waals surface area contributed by atoms with Crippen molar-refractivity contribution in [3.05, 3.63) is 59.3 Å². The van der Waals surface area contributed by atoms with Gasteiger partial charge in [-0.1, -0.05) is 0 Å². The van der Waals surface area contributed by atoms with E-state index in [1.165, 1.54) is 30.9 Å². The molecule has 178 valence electrons. The van der Waals surface area contributed by atoms with Crippen molar-refractivity contribution < 1.29 is 17.9 Å². The van der Waals surface area contributed by atoms with Crippen molar-refractivity contribution in [1.29, 1.82) is 5.26 Å². The maximum atomic E-state index is 13.1. The lowest BCUT2D eigenvalue weighted by Gasteiger charge is -2.35. The third-order valence-corrected chi connectivity index (χ3v) is 7.12. The van der Waals surface area contributed by atoms with E-state index in [0.717, 1.165) is 43.4 Å². The number of nitrogens with zero attached hydrogens (tertiary/aromatic N) is 3. The van der Waals surface area contributed by atoms with Crippen LogP contribution in [0.5, 0.6) is 5.75 Å². The fourth-order valence-corrected chi connectivity index (χ4v) is 4.86. The number of H-pyrrole nitrogens is 1. The summed E-state index contributed by atoms with van der Waals surface area (Å²) in [5.74, 6) is 0.0483. The Hall–Kier alpha value is -3.39. The van der Waals surface area contributed by atoms with Crippen molar-refractivity contribution in [1.82, 2.24) is 14.8 Å². The first kappa shape index (κ1) is 23.8. The van der Waals surface area contributed by atoms with E-state index in [1.807, 2.05) is 24.4 Å². The van der Waals surface area contributed by atoms with Crippen molar-refractivity contribution >= 4 is 26.8 Å². The van der Waals surface area contributed by atoms with Gasteiger partial charge in [-0.25, -0.2) is 13.6 Å². The molecule has 2 heterocycles. The fraction of sp³-hybridized carbons (Fsp3) is 0.333. The number of carbonyl (C=O) groups excluding carboxylic acids is 1. The van der Waals surface area contributed by atoms with Crippen LogP contribution in [0.15, 0.2) is 47.5 Å². The van der Waals surface area contributed by atoms with Crippen molar-refractivity contribution in [3.8, 4) is 11.8 Å². The third kappa shape index (κ3) is 5.07. The number of fused-ring (bicyclic) bond motifs is 1. The maximum Gasteiger partial charge on any atom is 0.257 e. The zero-order valence-electron chi connectivity index (χ0n) is 19.0. The summed E-state index contributed by atoms with van der Waals surface area (Å²) < 4.78 is 28.7. The number of methoxy groups -OCH3 is 1. The highest BCUT2D eigenvalue weighted by molar-refractivity contribution is 7.89. The molecule has 0 saturated carbocycles. The van der Waals surface area contributed by atoms with Gasteiger partial charge in [0.05, 0.1) is 29.2 Å². The molecule has 1 aliphatic heterocycles. The lowest BCUT2D eigenvalue weighted by molar-refractivity contribution is 0.0632. The molecule has 9 nitrogen and oxygen atoms in total. The first-order chi connectivity index (χ1) is 16.3. The Morgan fingerprint density at radius 2 is 1.94 bits per heavy atom. The summed E-state index contributed by atoms with van der Waals surface area (Å²) in [6, 6.07) is 11.9. The number of nitrogens with one attached hydrogen (secondary N) is 1. The topological polar surface area (TPSA) is 133 Å². The van der Waals surface area contributed by atoms with Gasteiger partial charge in [0.25, 0.3) is 5.91 Å². The maximum absolute atomic E-state index is 13.1. The number of carbonyl (C=O) groups is 1. The number of rotatable bonds is 7. The Morgan fingerprint density at radius 1 is 1.18 bits per heavy atom. The zero-order valence-corrected chi connectivity index (χ0v) is 19.8. The number of hydrogen-bond acceptors (Lipinski definition) is 6. The molecule has 4 rings (SSSR count). The van der Waals surface area contributed by atoms with Gasteiger partial charge in [-0.15, -0.1) is 0 Å². The molecule has 3 N–H and O–H groups in total. The Kier molecular flexibility index (Phi) is 6.88. The predicted octanol–water partition coefficient (Wildman–Crippen LogP) is 2.09. The van der Waals surface area contributed by atoms with E-state index >= 15 is 0 Å². The van der Waals surface area contributed by atoms with Crippen LogP contribution in [-0.2, 0) is 16.4 Å². The van der Waals surface area contributed by atoms with Gasteiger partial charge in [0, 0.05) is 43.3 Å². The molecule has 0 aliphatic carbocycles. The predicted molar refractivity (Wildman–Crippen MR) is 128 cm³/mol. The van der Waals surface area contributed by atoms with Crippen LogP contribution < -0.4 is 9.88 Å². The molecule has 0 spiro atoms. The van der Waals surface area contributed by atoms with E-state index < -0.39 is 10.0 Å². The number of sulfonamides is 1.